The summed E-state index contributed by atoms with van der Waals surface area (Å²) >= 11 is 0. The molecule has 0 aromatic heterocycles. The van der Waals surface area contributed by atoms with Gasteiger partial charge in [-0.25, -0.2) is 4.79 Å². The quantitative estimate of drug-likeness (QED) is 0.806. The summed E-state index contributed by atoms with van der Waals surface area (Å²) in [6, 6.07) is 1.70. The van der Waals surface area contributed by atoms with Gasteiger partial charge in [-0.15, -0.1) is 0 Å². The zero-order valence-corrected chi connectivity index (χ0v) is 16.9. The van der Waals surface area contributed by atoms with E-state index in [2.05, 4.69) is 29.0 Å². The second-order valence-corrected chi connectivity index (χ2v) is 8.55. The maximum atomic E-state index is 12.6. The van der Waals surface area contributed by atoms with E-state index in [9.17, 15) is 4.79 Å². The number of nitrogens with zero attached hydrogens (tertiary/aromatic N) is 2. The van der Waals surface area contributed by atoms with Crippen molar-refractivity contribution in [2.75, 3.05) is 26.2 Å². The maximum Gasteiger partial charge on any atom is 0.317 e. The third-order valence-electron chi connectivity index (χ3n) is 6.64. The summed E-state index contributed by atoms with van der Waals surface area (Å²) in [7, 11) is 0. The van der Waals surface area contributed by atoms with Crippen molar-refractivity contribution in [3.63, 3.8) is 0 Å². The molecule has 0 aromatic rings. The molecule has 5 nitrogen and oxygen atoms in total. The number of carbonyl (C=O) groups is 1. The molecule has 1 atom stereocenters. The molecule has 150 valence electrons. The van der Waals surface area contributed by atoms with Crippen LogP contribution in [0.15, 0.2) is 0 Å². The van der Waals surface area contributed by atoms with Crippen LogP contribution in [0.1, 0.15) is 78.1 Å². The van der Waals surface area contributed by atoms with Crippen LogP contribution in [-0.4, -0.2) is 66.3 Å². The van der Waals surface area contributed by atoms with Crippen molar-refractivity contribution in [3.8, 4) is 0 Å². The van der Waals surface area contributed by atoms with E-state index in [0.29, 0.717) is 18.2 Å². The lowest BCUT2D eigenvalue weighted by Crippen LogP contribution is -2.56. The molecule has 1 unspecified atom stereocenters. The summed E-state index contributed by atoms with van der Waals surface area (Å²) in [4.78, 5) is 17.4. The van der Waals surface area contributed by atoms with E-state index in [1.807, 2.05) is 0 Å². The van der Waals surface area contributed by atoms with Gasteiger partial charge in [0, 0.05) is 44.4 Å². The molecule has 3 aliphatic rings. The van der Waals surface area contributed by atoms with Crippen LogP contribution in [0, 0.1) is 0 Å². The average molecular weight is 366 g/mol. The maximum absolute atomic E-state index is 12.6. The molecule has 5 heteroatoms. The first-order chi connectivity index (χ1) is 12.7. The molecule has 2 saturated heterocycles. The predicted molar refractivity (Wildman–Crippen MR) is 105 cm³/mol. The Balaban J connectivity index is 1.46. The van der Waals surface area contributed by atoms with Gasteiger partial charge in [-0.05, 0) is 71.1 Å². The normalized spacial score (nSPS) is 32.8. The molecule has 1 N–H and O–H groups in total. The molecule has 1 aliphatic carbocycles. The highest BCUT2D eigenvalue weighted by Gasteiger charge is 2.34. The topological polar surface area (TPSA) is 44.8 Å². The van der Waals surface area contributed by atoms with Gasteiger partial charge in [0.2, 0.25) is 0 Å². The van der Waals surface area contributed by atoms with Crippen LogP contribution >= 0.6 is 0 Å². The van der Waals surface area contributed by atoms with Crippen LogP contribution < -0.4 is 5.32 Å². The van der Waals surface area contributed by atoms with E-state index >= 15 is 0 Å². The van der Waals surface area contributed by atoms with Gasteiger partial charge < -0.3 is 19.9 Å². The van der Waals surface area contributed by atoms with Crippen LogP contribution in [0.2, 0.25) is 0 Å². The minimum absolute atomic E-state index is 0.171. The second kappa shape index (κ2) is 9.93. The Bertz CT molecular complexity index is 429. The molecule has 0 aromatic carbocycles. The highest BCUT2D eigenvalue weighted by atomic mass is 16.5. The highest BCUT2D eigenvalue weighted by molar-refractivity contribution is 5.75. The molecule has 2 aliphatic heterocycles. The lowest BCUT2D eigenvalue weighted by atomic mass is 9.89. The first kappa shape index (κ1) is 19.9. The third kappa shape index (κ3) is 5.13. The largest absolute Gasteiger partial charge is 0.378 e. The Hall–Kier alpha value is -0.810. The number of likely N-dealkylation sites (tertiary alicyclic amines) is 1. The van der Waals surface area contributed by atoms with E-state index in [1.54, 1.807) is 0 Å². The molecule has 3 fully saturated rings. The number of hydrogen-bond donors (Lipinski definition) is 1. The highest BCUT2D eigenvalue weighted by Crippen LogP contribution is 2.29. The fraction of sp³-hybridized carbons (Fsp3) is 0.952. The van der Waals surface area contributed by atoms with Crippen molar-refractivity contribution in [1.29, 1.82) is 0 Å². The Morgan fingerprint density at radius 1 is 1.00 bits per heavy atom. The van der Waals surface area contributed by atoms with Crippen LogP contribution in [0.4, 0.5) is 4.79 Å². The predicted octanol–water partition coefficient (Wildman–Crippen LogP) is 3.77. The summed E-state index contributed by atoms with van der Waals surface area (Å²) in [5, 5.41) is 3.12. The minimum atomic E-state index is 0.171. The summed E-state index contributed by atoms with van der Waals surface area (Å²) in [6.07, 6.45) is 12.4. The molecular formula is C21H39N3O2. The van der Waals surface area contributed by atoms with E-state index in [1.165, 1.54) is 32.1 Å². The van der Waals surface area contributed by atoms with Crippen LogP contribution in [-0.2, 0) is 4.74 Å². The van der Waals surface area contributed by atoms with E-state index in [0.717, 1.165) is 64.4 Å². The van der Waals surface area contributed by atoms with Gasteiger partial charge >= 0.3 is 6.03 Å². The smallest absolute Gasteiger partial charge is 0.317 e. The number of ether oxygens (including phenoxy) is 1. The summed E-state index contributed by atoms with van der Waals surface area (Å²) < 4.78 is 5.94. The van der Waals surface area contributed by atoms with Crippen molar-refractivity contribution < 1.29 is 9.53 Å². The van der Waals surface area contributed by atoms with Crippen molar-refractivity contribution in [2.24, 2.45) is 0 Å². The number of rotatable bonds is 5. The summed E-state index contributed by atoms with van der Waals surface area (Å²) in [5.41, 5.74) is 0. The molecule has 0 bridgehead atoms. The molecule has 26 heavy (non-hydrogen) atoms. The second-order valence-electron chi connectivity index (χ2n) is 8.55. The van der Waals surface area contributed by atoms with Crippen molar-refractivity contribution in [3.05, 3.63) is 0 Å². The average Bonchev–Trinajstić information content (AvgIpc) is 2.66. The van der Waals surface area contributed by atoms with Gasteiger partial charge in [-0.2, -0.15) is 0 Å². The zero-order valence-electron chi connectivity index (χ0n) is 16.9. The van der Waals surface area contributed by atoms with Gasteiger partial charge in [0.15, 0.2) is 0 Å². The standard InChI is InChI=1S/C21H39N3O2/c1-3-16-26-20-9-7-18(8-10-20)23-14-11-19(12-15-23)24-17(2)6-4-5-13-22-21(24)25/h17-20H,3-16H2,1-2H3,(H,22,25). The van der Waals surface area contributed by atoms with Crippen molar-refractivity contribution in [1.82, 2.24) is 15.1 Å². The van der Waals surface area contributed by atoms with E-state index in [-0.39, 0.29) is 6.03 Å². The number of urea groups is 1. The van der Waals surface area contributed by atoms with Gasteiger partial charge in [-0.1, -0.05) is 6.92 Å². The SMILES string of the molecule is CCCOC1CCC(N2CCC(N3C(=O)NCCCCC3C)CC2)CC1. The molecule has 0 radical (unpaired) electrons. The molecular weight excluding hydrogens is 326 g/mol. The Morgan fingerprint density at radius 3 is 2.42 bits per heavy atom. The fourth-order valence-electron chi connectivity index (χ4n) is 5.11. The molecule has 0 spiro atoms. The van der Waals surface area contributed by atoms with Crippen molar-refractivity contribution >= 4 is 6.03 Å². The van der Waals surface area contributed by atoms with Gasteiger partial charge in [-0.3, -0.25) is 0 Å². The lowest BCUT2D eigenvalue weighted by molar-refractivity contribution is -0.000953. The Labute approximate surface area is 159 Å². The third-order valence-corrected chi connectivity index (χ3v) is 6.64. The fourth-order valence-corrected chi connectivity index (χ4v) is 5.11. The van der Waals surface area contributed by atoms with Gasteiger partial charge in [0.1, 0.15) is 0 Å². The minimum Gasteiger partial charge on any atom is -0.378 e. The van der Waals surface area contributed by atoms with Crippen molar-refractivity contribution in [2.45, 2.75) is 102 Å². The summed E-state index contributed by atoms with van der Waals surface area (Å²) in [5.74, 6) is 0. The number of amides is 2. The van der Waals surface area contributed by atoms with Crippen LogP contribution in [0.5, 0.6) is 0 Å². The number of piperidine rings is 1. The first-order valence-electron chi connectivity index (χ1n) is 11.1. The molecule has 1 saturated carbocycles. The number of carbonyl (C=O) groups excluding carboxylic acids is 1. The van der Waals surface area contributed by atoms with E-state index in [4.69, 9.17) is 4.74 Å². The Morgan fingerprint density at radius 2 is 1.73 bits per heavy atom. The van der Waals surface area contributed by atoms with E-state index < -0.39 is 0 Å². The van der Waals surface area contributed by atoms with Crippen LogP contribution in [0.25, 0.3) is 0 Å². The van der Waals surface area contributed by atoms with Gasteiger partial charge in [0.25, 0.3) is 0 Å². The number of hydrogen-bond acceptors (Lipinski definition) is 3. The molecule has 3 rings (SSSR count). The lowest BCUT2D eigenvalue weighted by Gasteiger charge is -2.45. The monoisotopic (exact) mass is 365 g/mol. The Kier molecular flexibility index (Phi) is 7.62. The van der Waals surface area contributed by atoms with Gasteiger partial charge in [0.05, 0.1) is 6.10 Å². The number of nitrogens with one attached hydrogen (secondary N) is 1. The summed E-state index contributed by atoms with van der Waals surface area (Å²) in [6.45, 7) is 8.46. The van der Waals surface area contributed by atoms with Crippen LogP contribution in [0.3, 0.4) is 0 Å². The zero-order chi connectivity index (χ0) is 18.4. The molecule has 2 heterocycles. The first-order valence-corrected chi connectivity index (χ1v) is 11.1. The molecule has 2 amide bonds.